The number of nitrogens with one attached hydrogen (secondary N) is 3. The Labute approximate surface area is 171 Å². The lowest BCUT2D eigenvalue weighted by Gasteiger charge is -2.33. The van der Waals surface area contributed by atoms with E-state index in [0.717, 1.165) is 26.1 Å². The quantitative estimate of drug-likeness (QED) is 0.187. The first-order chi connectivity index (χ1) is 13.1. The zero-order chi connectivity index (χ0) is 20.2. The number of hydrogen-bond acceptors (Lipinski definition) is 4. The van der Waals surface area contributed by atoms with Gasteiger partial charge in [0.2, 0.25) is 0 Å². The highest BCUT2D eigenvalue weighted by Crippen LogP contribution is 2.13. The molecular weight excluding hydrogens is 334 g/mol. The van der Waals surface area contributed by atoms with E-state index in [2.05, 4.69) is 29.8 Å². The van der Waals surface area contributed by atoms with Crippen molar-refractivity contribution in [2.24, 2.45) is 0 Å². The van der Waals surface area contributed by atoms with Gasteiger partial charge in [-0.1, -0.05) is 77.6 Å². The lowest BCUT2D eigenvalue weighted by Crippen LogP contribution is -2.54. The van der Waals surface area contributed by atoms with E-state index in [0.29, 0.717) is 6.04 Å². The molecule has 0 aliphatic carbocycles. The summed E-state index contributed by atoms with van der Waals surface area (Å²) in [7, 11) is 6.06. The SMILES string of the molecule is CCCCCCCCCCCCCCOCCC(CC(C)(NC)NC)NC. The zero-order valence-corrected chi connectivity index (χ0v) is 19.3. The van der Waals surface area contributed by atoms with Crippen LogP contribution in [0.2, 0.25) is 0 Å². The smallest absolute Gasteiger partial charge is 0.0668 e. The minimum atomic E-state index is -0.0246. The van der Waals surface area contributed by atoms with Crippen LogP contribution < -0.4 is 16.0 Å². The van der Waals surface area contributed by atoms with E-state index in [1.807, 2.05) is 21.1 Å². The number of unbranched alkanes of at least 4 members (excludes halogenated alkanes) is 11. The topological polar surface area (TPSA) is 45.3 Å². The van der Waals surface area contributed by atoms with Gasteiger partial charge in [0.05, 0.1) is 5.66 Å². The van der Waals surface area contributed by atoms with E-state index in [1.54, 1.807) is 0 Å². The van der Waals surface area contributed by atoms with Crippen LogP contribution in [0, 0.1) is 0 Å². The standard InChI is InChI=1S/C23H51N3O/c1-6-7-8-9-10-11-12-13-14-15-16-17-19-27-20-18-22(24-3)21-23(2,25-4)26-5/h22,24-26H,6-21H2,1-5H3. The first-order valence-corrected chi connectivity index (χ1v) is 11.7. The van der Waals surface area contributed by atoms with Crippen molar-refractivity contribution in [3.63, 3.8) is 0 Å². The zero-order valence-electron chi connectivity index (χ0n) is 19.3. The van der Waals surface area contributed by atoms with Gasteiger partial charge in [0.25, 0.3) is 0 Å². The fraction of sp³-hybridized carbons (Fsp3) is 1.00. The Hall–Kier alpha value is -0.160. The van der Waals surface area contributed by atoms with Gasteiger partial charge in [0, 0.05) is 19.3 Å². The summed E-state index contributed by atoms with van der Waals surface area (Å²) < 4.78 is 5.86. The van der Waals surface area contributed by atoms with Gasteiger partial charge in [-0.2, -0.15) is 0 Å². The van der Waals surface area contributed by atoms with Gasteiger partial charge < -0.3 is 20.7 Å². The molecule has 0 spiro atoms. The Morgan fingerprint density at radius 3 is 1.63 bits per heavy atom. The van der Waals surface area contributed by atoms with E-state index in [1.165, 1.54) is 77.0 Å². The predicted molar refractivity (Wildman–Crippen MR) is 121 cm³/mol. The average Bonchev–Trinajstić information content (AvgIpc) is 2.69. The highest BCUT2D eigenvalue weighted by Gasteiger charge is 2.23. The third kappa shape index (κ3) is 16.5. The maximum atomic E-state index is 5.86. The molecule has 0 aromatic heterocycles. The van der Waals surface area contributed by atoms with Gasteiger partial charge in [-0.25, -0.2) is 0 Å². The van der Waals surface area contributed by atoms with Crippen molar-refractivity contribution in [2.75, 3.05) is 34.4 Å². The Kier molecular flexibility index (Phi) is 19.1. The molecule has 0 saturated carbocycles. The normalized spacial score (nSPS) is 13.2. The predicted octanol–water partition coefficient (Wildman–Crippen LogP) is 5.23. The second-order valence-electron chi connectivity index (χ2n) is 8.31. The van der Waals surface area contributed by atoms with Gasteiger partial charge in [0.1, 0.15) is 0 Å². The molecule has 0 heterocycles. The summed E-state index contributed by atoms with van der Waals surface area (Å²) in [6, 6.07) is 0.469. The van der Waals surface area contributed by atoms with Crippen LogP contribution >= 0.6 is 0 Å². The number of rotatable bonds is 21. The first kappa shape index (κ1) is 26.8. The maximum Gasteiger partial charge on any atom is 0.0668 e. The number of hydrogen-bond donors (Lipinski definition) is 3. The van der Waals surface area contributed by atoms with E-state index in [9.17, 15) is 0 Å². The molecule has 4 heteroatoms. The van der Waals surface area contributed by atoms with E-state index in [4.69, 9.17) is 4.74 Å². The van der Waals surface area contributed by atoms with Crippen LogP contribution in [0.15, 0.2) is 0 Å². The Morgan fingerprint density at radius 1 is 0.704 bits per heavy atom. The third-order valence-corrected chi connectivity index (χ3v) is 5.92. The van der Waals surface area contributed by atoms with Crippen LogP contribution in [0.5, 0.6) is 0 Å². The molecule has 4 nitrogen and oxygen atoms in total. The van der Waals surface area contributed by atoms with Crippen LogP contribution in [0.25, 0.3) is 0 Å². The molecule has 0 fully saturated rings. The molecular formula is C23H51N3O. The Morgan fingerprint density at radius 2 is 1.19 bits per heavy atom. The summed E-state index contributed by atoms with van der Waals surface area (Å²) >= 11 is 0. The monoisotopic (exact) mass is 385 g/mol. The highest BCUT2D eigenvalue weighted by atomic mass is 16.5. The van der Waals surface area contributed by atoms with Gasteiger partial charge in [-0.05, 0) is 47.3 Å². The van der Waals surface area contributed by atoms with Crippen LogP contribution in [0.1, 0.15) is 104 Å². The van der Waals surface area contributed by atoms with Crippen molar-refractivity contribution in [1.29, 1.82) is 0 Å². The second-order valence-corrected chi connectivity index (χ2v) is 8.31. The molecule has 27 heavy (non-hydrogen) atoms. The van der Waals surface area contributed by atoms with Gasteiger partial charge in [0.15, 0.2) is 0 Å². The molecule has 0 bridgehead atoms. The minimum absolute atomic E-state index is 0.0246. The van der Waals surface area contributed by atoms with Crippen molar-refractivity contribution >= 4 is 0 Å². The molecule has 0 rings (SSSR count). The van der Waals surface area contributed by atoms with E-state index in [-0.39, 0.29) is 5.66 Å². The largest absolute Gasteiger partial charge is 0.381 e. The van der Waals surface area contributed by atoms with Crippen molar-refractivity contribution in [3.05, 3.63) is 0 Å². The van der Waals surface area contributed by atoms with Crippen molar-refractivity contribution < 1.29 is 4.74 Å². The van der Waals surface area contributed by atoms with Crippen molar-refractivity contribution in [1.82, 2.24) is 16.0 Å². The molecule has 0 saturated heterocycles. The van der Waals surface area contributed by atoms with Crippen LogP contribution in [-0.2, 0) is 4.74 Å². The van der Waals surface area contributed by atoms with E-state index >= 15 is 0 Å². The maximum absolute atomic E-state index is 5.86. The Balaban J connectivity index is 3.39. The average molecular weight is 386 g/mol. The molecule has 3 N–H and O–H groups in total. The Bertz CT molecular complexity index is 295. The summed E-state index contributed by atoms with van der Waals surface area (Å²) in [5.41, 5.74) is -0.0246. The van der Waals surface area contributed by atoms with Gasteiger partial charge in [-0.15, -0.1) is 0 Å². The minimum Gasteiger partial charge on any atom is -0.381 e. The van der Waals surface area contributed by atoms with Crippen molar-refractivity contribution in [2.45, 2.75) is 115 Å². The molecule has 0 aromatic rings. The van der Waals surface area contributed by atoms with Crippen LogP contribution in [-0.4, -0.2) is 46.1 Å². The molecule has 0 aromatic carbocycles. The van der Waals surface area contributed by atoms with E-state index < -0.39 is 0 Å². The summed E-state index contributed by atoms with van der Waals surface area (Å²) in [6.07, 6.45) is 18.8. The first-order valence-electron chi connectivity index (χ1n) is 11.7. The highest BCUT2D eigenvalue weighted by molar-refractivity contribution is 4.83. The molecule has 0 aliphatic heterocycles. The molecule has 1 atom stereocenters. The lowest BCUT2D eigenvalue weighted by atomic mass is 10.00. The molecule has 1 unspecified atom stereocenters. The third-order valence-electron chi connectivity index (χ3n) is 5.92. The molecule has 0 amide bonds. The summed E-state index contributed by atoms with van der Waals surface area (Å²) in [5, 5.41) is 10.1. The fourth-order valence-electron chi connectivity index (χ4n) is 3.54. The van der Waals surface area contributed by atoms with Crippen LogP contribution in [0.3, 0.4) is 0 Å². The van der Waals surface area contributed by atoms with Gasteiger partial charge in [-0.3, -0.25) is 0 Å². The van der Waals surface area contributed by atoms with Gasteiger partial charge >= 0.3 is 0 Å². The van der Waals surface area contributed by atoms with Crippen molar-refractivity contribution in [3.8, 4) is 0 Å². The second kappa shape index (κ2) is 19.2. The summed E-state index contributed by atoms with van der Waals surface area (Å²) in [6.45, 7) is 6.26. The fourth-order valence-corrected chi connectivity index (χ4v) is 3.54. The molecule has 0 aliphatic rings. The lowest BCUT2D eigenvalue weighted by molar-refractivity contribution is 0.115. The number of ether oxygens (including phenoxy) is 1. The molecule has 0 radical (unpaired) electrons. The summed E-state index contributed by atoms with van der Waals surface area (Å²) in [4.78, 5) is 0. The summed E-state index contributed by atoms with van der Waals surface area (Å²) in [5.74, 6) is 0. The van der Waals surface area contributed by atoms with Crippen LogP contribution in [0.4, 0.5) is 0 Å². The molecule has 164 valence electrons.